The van der Waals surface area contributed by atoms with Crippen LogP contribution in [-0.2, 0) is 0 Å². The minimum absolute atomic E-state index is 3.76. The summed E-state index contributed by atoms with van der Waals surface area (Å²) < 4.78 is 48.9. The van der Waals surface area contributed by atoms with Crippen LogP contribution < -0.4 is 55.9 Å². The van der Waals surface area contributed by atoms with Crippen LogP contribution >= 0.6 is 0 Å². The lowest BCUT2D eigenvalue weighted by atomic mass is 16.0. The van der Waals surface area contributed by atoms with Gasteiger partial charge in [-0.2, -0.15) is 0 Å². The van der Waals surface area contributed by atoms with Gasteiger partial charge < -0.3 is 13.7 Å². The highest BCUT2D eigenvalue weighted by Gasteiger charge is 1.90. The van der Waals surface area contributed by atoms with Gasteiger partial charge >= 0.3 is 42.1 Å². The summed E-state index contributed by atoms with van der Waals surface area (Å²) in [5, 5.41) is 0. The highest BCUT2D eigenvalue weighted by Crippen LogP contribution is 0.254. The smallest absolute Gasteiger partial charge is 0.396 e. The molecule has 0 heterocycles. The van der Waals surface area contributed by atoms with E-state index < -0.39 is 42.1 Å². The highest BCUT2D eigenvalue weighted by molar-refractivity contribution is 1.94. The lowest BCUT2D eigenvalue weighted by Crippen LogP contribution is -3.98. The first-order valence-corrected chi connectivity index (χ1v) is 6.41. The fourth-order valence-corrected chi connectivity index (χ4v) is 0. The summed E-state index contributed by atoms with van der Waals surface area (Å²) in [5.74, 6) is 0. The third-order valence-electron chi connectivity index (χ3n) is 0. The van der Waals surface area contributed by atoms with Crippen molar-refractivity contribution in [1.29, 1.82) is 0 Å². The van der Waals surface area contributed by atoms with Crippen molar-refractivity contribution >= 4 is 0 Å². The molecule has 52 valence electrons. The molecule has 8 heteroatoms. The van der Waals surface area contributed by atoms with E-state index >= 15 is 0 Å². The van der Waals surface area contributed by atoms with Crippen LogP contribution in [0, 0.1) is 0 Å². The molecule has 0 rings (SSSR count). The second-order valence-electron chi connectivity index (χ2n) is 0.402. The molecule has 0 fully saturated rings. The quantitative estimate of drug-likeness (QED) is 0.416. The molecule has 0 bridgehead atoms. The van der Waals surface area contributed by atoms with Crippen molar-refractivity contribution in [3.8, 4) is 0 Å². The Morgan fingerprint density at radius 1 is 0.750 bits per heavy atom. The molecule has 8 heavy (non-hydrogen) atoms. The Labute approximate surface area is 62.5 Å². The summed E-state index contributed by atoms with van der Waals surface area (Å²) in [7, 11) is 0. The first kappa shape index (κ1) is 12.0. The molecule has 0 aliphatic rings. The van der Waals surface area contributed by atoms with Crippen molar-refractivity contribution in [2.24, 2.45) is 0 Å². The zero-order valence-electron chi connectivity index (χ0n) is 3.28. The van der Waals surface area contributed by atoms with E-state index in [-0.39, 0.29) is 0 Å². The van der Waals surface area contributed by atoms with Gasteiger partial charge in [0, 0.05) is 0 Å². The molecule has 0 atom stereocenters. The number of rotatable bonds is 0. The number of hydrogen-bond acceptors (Lipinski definition) is 6. The van der Waals surface area contributed by atoms with Crippen LogP contribution in [0.2, 0.25) is 0 Å². The van der Waals surface area contributed by atoms with Gasteiger partial charge in [0.05, 0.1) is 0 Å². The predicted octanol–water partition coefficient (Wildman–Crippen LogP) is -11.9. The average Bonchev–Trinajstić information content (AvgIpc) is 1.25. The van der Waals surface area contributed by atoms with Gasteiger partial charge in [0.2, 0.25) is 0 Å². The Kier molecular flexibility index (Phi) is 12.3. The van der Waals surface area contributed by atoms with Gasteiger partial charge in [0.1, 0.15) is 0 Å². The maximum atomic E-state index is 8.68. The van der Waals surface area contributed by atoms with E-state index in [1.54, 1.807) is 0 Å². The van der Waals surface area contributed by atoms with Crippen LogP contribution in [0.1, 0.15) is 0 Å². The molecular weight excluding hydrogens is 350 g/mol. The van der Waals surface area contributed by atoms with Crippen molar-refractivity contribution in [2.45, 2.75) is 0 Å². The Morgan fingerprint density at radius 2 is 0.750 bits per heavy atom. The van der Waals surface area contributed by atoms with E-state index in [0.717, 1.165) is 0 Å². The molecule has 0 saturated heterocycles. The molecule has 0 saturated carbocycles. The van der Waals surface area contributed by atoms with Gasteiger partial charge in [-0.1, -0.05) is 0 Å². The summed E-state index contributed by atoms with van der Waals surface area (Å²) >= 11 is -7.53. The second kappa shape index (κ2) is 8.22. The Bertz CT molecular complexity index is 22.0. The van der Waals surface area contributed by atoms with Crippen LogP contribution in [-0.4, -0.2) is 6.87 Å². The van der Waals surface area contributed by atoms with E-state index in [1.165, 1.54) is 0 Å². The summed E-state index contributed by atoms with van der Waals surface area (Å²) in [6.45, 7) is 0. The van der Waals surface area contributed by atoms with Gasteiger partial charge in [-0.05, 0) is 6.87 Å². The summed E-state index contributed by atoms with van der Waals surface area (Å²) in [5.41, 5.74) is 0. The molecule has 0 spiro atoms. The summed E-state index contributed by atoms with van der Waals surface area (Å²) in [4.78, 5) is 0. The van der Waals surface area contributed by atoms with Crippen molar-refractivity contribution in [3.05, 3.63) is 0 Å². The lowest BCUT2D eigenvalue weighted by molar-refractivity contribution is -1.63. The largest absolute Gasteiger partial charge is 0.503 e. The Morgan fingerprint density at radius 3 is 0.750 bits per heavy atom. The number of hydrogen-bond donors (Lipinski definition) is 2. The minimum atomic E-state index is -3.76. The van der Waals surface area contributed by atoms with E-state index in [4.69, 9.17) is 20.6 Å². The van der Waals surface area contributed by atoms with Crippen LogP contribution in [0.3, 0.4) is 0 Å². The molecular formula is H2I2O6. The number of halogens is 2. The van der Waals surface area contributed by atoms with E-state index in [1.807, 2.05) is 0 Å². The molecule has 0 aliphatic heterocycles. The minimum Gasteiger partial charge on any atom is -0.396 e. The van der Waals surface area contributed by atoms with Crippen molar-refractivity contribution in [2.75, 3.05) is 0 Å². The Hall–Kier alpha value is 1.22. The molecule has 0 unspecified atom stereocenters. The highest BCUT2D eigenvalue weighted by atomic mass is 127. The molecule has 0 aliphatic carbocycles. The van der Waals surface area contributed by atoms with Crippen molar-refractivity contribution in [3.63, 3.8) is 0 Å². The van der Waals surface area contributed by atoms with Gasteiger partial charge in [-0.15, -0.1) is 0 Å². The van der Waals surface area contributed by atoms with Crippen LogP contribution in [0.4, 0.5) is 0 Å². The molecule has 0 aromatic rings. The predicted molar refractivity (Wildman–Crippen MR) is 4.44 cm³/mol. The molecule has 0 amide bonds. The SMILES string of the molecule is [O-][I+2]([O-])O.[O-][I+2]([O-])O. The fourth-order valence-electron chi connectivity index (χ4n) is 0. The maximum absolute atomic E-state index is 8.68. The monoisotopic (exact) mass is 352 g/mol. The van der Waals surface area contributed by atoms with E-state index in [2.05, 4.69) is 0 Å². The Balaban J connectivity index is 0. The van der Waals surface area contributed by atoms with Crippen LogP contribution in [0.25, 0.3) is 0 Å². The van der Waals surface area contributed by atoms with Gasteiger partial charge in [0.15, 0.2) is 0 Å². The third-order valence-corrected chi connectivity index (χ3v) is 0. The summed E-state index contributed by atoms with van der Waals surface area (Å²) in [6.07, 6.45) is 0. The zero-order valence-corrected chi connectivity index (χ0v) is 7.60. The molecule has 0 radical (unpaired) electrons. The van der Waals surface area contributed by atoms with E-state index in [9.17, 15) is 0 Å². The van der Waals surface area contributed by atoms with Gasteiger partial charge in [-0.25, -0.2) is 0 Å². The summed E-state index contributed by atoms with van der Waals surface area (Å²) in [6, 6.07) is 0. The average molecular weight is 352 g/mol. The third kappa shape index (κ3) is 188. The van der Waals surface area contributed by atoms with Crippen molar-refractivity contribution in [1.82, 2.24) is 0 Å². The first-order valence-electron chi connectivity index (χ1n) is 0.955. The maximum Gasteiger partial charge on any atom is 0.503 e. The molecule has 0 aromatic heterocycles. The first-order chi connectivity index (χ1) is 3.46. The topological polar surface area (TPSA) is 133 Å². The zero-order chi connectivity index (χ0) is 7.15. The standard InChI is InChI=1S/2HIO3/c2*2-1(3)4/h2*2H. The van der Waals surface area contributed by atoms with E-state index in [0.29, 0.717) is 0 Å². The van der Waals surface area contributed by atoms with Gasteiger partial charge in [-0.3, -0.25) is 0 Å². The van der Waals surface area contributed by atoms with Crippen LogP contribution in [0.15, 0.2) is 0 Å². The van der Waals surface area contributed by atoms with Gasteiger partial charge in [0.25, 0.3) is 0 Å². The fraction of sp³-hybridized carbons (Fsp3) is 0. The molecule has 6 nitrogen and oxygen atoms in total. The second-order valence-corrected chi connectivity index (χ2v) is 2.70. The van der Waals surface area contributed by atoms with Crippen molar-refractivity contribution < 1.29 is 62.7 Å². The normalized spacial score (nSPS) is 9.00. The molecule has 2 N–H and O–H groups in total. The van der Waals surface area contributed by atoms with Crippen LogP contribution in [0.5, 0.6) is 0 Å². The lowest BCUT2D eigenvalue weighted by Gasteiger charge is -1.67. The molecule has 0 aromatic carbocycles.